The second-order valence-corrected chi connectivity index (χ2v) is 8.86. The Hall–Kier alpha value is -2.75. The van der Waals surface area contributed by atoms with Gasteiger partial charge in [-0.25, -0.2) is 8.42 Å². The summed E-state index contributed by atoms with van der Waals surface area (Å²) in [5.74, 6) is 0.724. The van der Waals surface area contributed by atoms with E-state index in [1.165, 1.54) is 0 Å². The number of sulfonamides is 1. The van der Waals surface area contributed by atoms with E-state index in [1.54, 1.807) is 22.5 Å². The lowest BCUT2D eigenvalue weighted by molar-refractivity contribution is 0.222. The fourth-order valence-electron chi connectivity index (χ4n) is 3.24. The number of benzene rings is 2. The molecule has 1 aromatic heterocycles. The highest BCUT2D eigenvalue weighted by Crippen LogP contribution is 2.23. The van der Waals surface area contributed by atoms with Crippen LogP contribution in [0.3, 0.4) is 0 Å². The van der Waals surface area contributed by atoms with Crippen molar-refractivity contribution in [2.24, 2.45) is 0 Å². The Balaban J connectivity index is 1.50. The fourth-order valence-corrected chi connectivity index (χ4v) is 4.88. The average molecular weight is 414 g/mol. The maximum absolute atomic E-state index is 13.1. The molecule has 29 heavy (non-hydrogen) atoms. The van der Waals surface area contributed by atoms with E-state index in [0.29, 0.717) is 35.4 Å². The van der Waals surface area contributed by atoms with Gasteiger partial charge in [-0.3, -0.25) is 0 Å². The Kier molecular flexibility index (Phi) is 5.61. The number of aromatic nitrogens is 2. The number of likely N-dealkylation sites (N-methyl/N-ethyl adjacent to an activating group) is 1. The Labute approximate surface area is 170 Å². The van der Waals surface area contributed by atoms with Gasteiger partial charge in [0.25, 0.3) is 11.8 Å². The van der Waals surface area contributed by atoms with E-state index >= 15 is 0 Å². The molecule has 2 heterocycles. The molecule has 1 aliphatic heterocycles. The Morgan fingerprint density at radius 1 is 1.00 bits per heavy atom. The molecule has 1 fully saturated rings. The molecule has 1 aliphatic rings. The molecule has 9 heteroatoms. The highest BCUT2D eigenvalue weighted by molar-refractivity contribution is 7.89. The van der Waals surface area contributed by atoms with Gasteiger partial charge in [0.1, 0.15) is 0 Å². The predicted molar refractivity (Wildman–Crippen MR) is 110 cm³/mol. The summed E-state index contributed by atoms with van der Waals surface area (Å²) in [6.45, 7) is 2.71. The summed E-state index contributed by atoms with van der Waals surface area (Å²) in [6.07, 6.45) is 0. The summed E-state index contributed by atoms with van der Waals surface area (Å²) in [6, 6.07) is 16.5. The molecule has 0 unspecified atom stereocenters. The van der Waals surface area contributed by atoms with Crippen molar-refractivity contribution in [3.63, 3.8) is 0 Å². The van der Waals surface area contributed by atoms with Gasteiger partial charge >= 0.3 is 0 Å². The lowest BCUT2D eigenvalue weighted by Gasteiger charge is -2.32. The van der Waals surface area contributed by atoms with Crippen LogP contribution in [0.25, 0.3) is 11.5 Å². The molecular formula is C20H23N5O3S. The molecule has 0 bridgehead atoms. The largest absolute Gasteiger partial charge is 0.347 e. The van der Waals surface area contributed by atoms with Gasteiger partial charge in [0.15, 0.2) is 0 Å². The minimum atomic E-state index is -3.56. The first-order valence-corrected chi connectivity index (χ1v) is 10.9. The molecule has 3 aromatic rings. The first-order valence-electron chi connectivity index (χ1n) is 9.43. The van der Waals surface area contributed by atoms with Gasteiger partial charge in [0, 0.05) is 38.3 Å². The number of hydrogen-bond donors (Lipinski definition) is 1. The molecule has 0 aliphatic carbocycles. The highest BCUT2D eigenvalue weighted by atomic mass is 32.2. The second-order valence-electron chi connectivity index (χ2n) is 6.96. The van der Waals surface area contributed by atoms with Crippen molar-refractivity contribution in [3.05, 3.63) is 60.2 Å². The standard InChI is InChI=1S/C20H23N5O3S/c1-24-11-13-25(14-12-24)29(26,27)18-10-6-5-9-17(18)15-21-20-22-19(28-23-20)16-7-3-2-4-8-16/h2-10H,11-15H2,1H3,(H,21,23). The highest BCUT2D eigenvalue weighted by Gasteiger charge is 2.29. The van der Waals surface area contributed by atoms with Gasteiger partial charge < -0.3 is 14.7 Å². The Morgan fingerprint density at radius 3 is 2.45 bits per heavy atom. The van der Waals surface area contributed by atoms with Crippen molar-refractivity contribution in [3.8, 4) is 11.5 Å². The van der Waals surface area contributed by atoms with Crippen molar-refractivity contribution in [1.29, 1.82) is 0 Å². The number of nitrogens with one attached hydrogen (secondary N) is 1. The topological polar surface area (TPSA) is 91.6 Å². The molecular weight excluding hydrogens is 390 g/mol. The van der Waals surface area contributed by atoms with Crippen LogP contribution in [-0.4, -0.2) is 61.0 Å². The van der Waals surface area contributed by atoms with Crippen LogP contribution < -0.4 is 5.32 Å². The molecule has 152 valence electrons. The van der Waals surface area contributed by atoms with E-state index < -0.39 is 10.0 Å². The van der Waals surface area contributed by atoms with Crippen LogP contribution in [0.15, 0.2) is 64.0 Å². The zero-order valence-corrected chi connectivity index (χ0v) is 17.0. The molecule has 2 aromatic carbocycles. The van der Waals surface area contributed by atoms with Crippen LogP contribution in [0.5, 0.6) is 0 Å². The number of nitrogens with zero attached hydrogens (tertiary/aromatic N) is 4. The third-order valence-corrected chi connectivity index (χ3v) is 6.94. The Morgan fingerprint density at radius 2 is 1.69 bits per heavy atom. The van der Waals surface area contributed by atoms with Gasteiger partial charge in [0.2, 0.25) is 10.0 Å². The maximum atomic E-state index is 13.1. The van der Waals surface area contributed by atoms with Gasteiger partial charge in [-0.2, -0.15) is 9.29 Å². The lowest BCUT2D eigenvalue weighted by atomic mass is 10.2. The summed E-state index contributed by atoms with van der Waals surface area (Å²) in [7, 11) is -1.56. The molecule has 0 radical (unpaired) electrons. The van der Waals surface area contributed by atoms with E-state index in [2.05, 4.69) is 20.4 Å². The normalized spacial score (nSPS) is 16.0. The quantitative estimate of drug-likeness (QED) is 0.663. The first-order chi connectivity index (χ1) is 14.0. The molecule has 4 rings (SSSR count). The van der Waals surface area contributed by atoms with Crippen LogP contribution in [0.1, 0.15) is 5.56 Å². The minimum Gasteiger partial charge on any atom is -0.347 e. The third kappa shape index (κ3) is 4.31. The van der Waals surface area contributed by atoms with Gasteiger partial charge in [-0.1, -0.05) is 36.4 Å². The fraction of sp³-hybridized carbons (Fsp3) is 0.300. The van der Waals surface area contributed by atoms with Gasteiger partial charge in [0.05, 0.1) is 4.90 Å². The smallest absolute Gasteiger partial charge is 0.264 e. The van der Waals surface area contributed by atoms with Gasteiger partial charge in [-0.15, -0.1) is 0 Å². The summed E-state index contributed by atoms with van der Waals surface area (Å²) < 4.78 is 33.1. The predicted octanol–water partition coefficient (Wildman–Crippen LogP) is 2.28. The van der Waals surface area contributed by atoms with Crippen molar-refractivity contribution >= 4 is 16.0 Å². The maximum Gasteiger partial charge on any atom is 0.264 e. The molecule has 1 saturated heterocycles. The number of piperazine rings is 1. The van der Waals surface area contributed by atoms with E-state index in [9.17, 15) is 8.42 Å². The van der Waals surface area contributed by atoms with E-state index in [0.717, 1.165) is 18.7 Å². The number of anilines is 1. The molecule has 0 atom stereocenters. The van der Waals surface area contributed by atoms with Crippen molar-refractivity contribution in [2.75, 3.05) is 38.5 Å². The minimum absolute atomic E-state index is 0.275. The van der Waals surface area contributed by atoms with Crippen LogP contribution in [0.2, 0.25) is 0 Å². The monoisotopic (exact) mass is 413 g/mol. The number of rotatable bonds is 6. The van der Waals surface area contributed by atoms with Crippen LogP contribution in [0, 0.1) is 0 Å². The van der Waals surface area contributed by atoms with Crippen molar-refractivity contribution < 1.29 is 12.9 Å². The van der Waals surface area contributed by atoms with Crippen molar-refractivity contribution in [2.45, 2.75) is 11.4 Å². The average Bonchev–Trinajstić information content (AvgIpc) is 3.22. The molecule has 0 saturated carbocycles. The lowest BCUT2D eigenvalue weighted by Crippen LogP contribution is -2.47. The number of hydrogen-bond acceptors (Lipinski definition) is 7. The van der Waals surface area contributed by atoms with E-state index in [1.807, 2.05) is 43.4 Å². The van der Waals surface area contributed by atoms with Crippen LogP contribution >= 0.6 is 0 Å². The Bertz CT molecular complexity index is 1060. The van der Waals surface area contributed by atoms with E-state index in [-0.39, 0.29) is 6.54 Å². The van der Waals surface area contributed by atoms with Gasteiger partial charge in [-0.05, 0) is 36.0 Å². The van der Waals surface area contributed by atoms with Crippen LogP contribution in [0.4, 0.5) is 5.95 Å². The summed E-state index contributed by atoms with van der Waals surface area (Å²) in [5, 5.41) is 7.00. The third-order valence-electron chi connectivity index (χ3n) is 4.94. The molecule has 0 amide bonds. The first kappa shape index (κ1) is 19.6. The summed E-state index contributed by atoms with van der Waals surface area (Å²) >= 11 is 0. The molecule has 1 N–H and O–H groups in total. The summed E-state index contributed by atoms with van der Waals surface area (Å²) in [5.41, 5.74) is 1.49. The van der Waals surface area contributed by atoms with Crippen LogP contribution in [-0.2, 0) is 16.6 Å². The van der Waals surface area contributed by atoms with Crippen molar-refractivity contribution in [1.82, 2.24) is 19.3 Å². The zero-order valence-electron chi connectivity index (χ0n) is 16.2. The van der Waals surface area contributed by atoms with E-state index in [4.69, 9.17) is 4.52 Å². The molecule has 8 nitrogen and oxygen atoms in total. The molecule has 0 spiro atoms. The second kappa shape index (κ2) is 8.32. The zero-order chi connectivity index (χ0) is 20.3. The SMILES string of the molecule is CN1CCN(S(=O)(=O)c2ccccc2CNc2noc(-c3ccccc3)n2)CC1. The summed E-state index contributed by atoms with van der Waals surface area (Å²) in [4.78, 5) is 6.77.